The van der Waals surface area contributed by atoms with E-state index in [4.69, 9.17) is 11.6 Å². The van der Waals surface area contributed by atoms with Gasteiger partial charge >= 0.3 is 6.18 Å². The number of aliphatic hydroxyl groups is 1. The van der Waals surface area contributed by atoms with E-state index in [1.54, 1.807) is 5.38 Å². The minimum absolute atomic E-state index is 0.0791. The van der Waals surface area contributed by atoms with E-state index in [-0.39, 0.29) is 25.5 Å². The number of thiazole rings is 2. The van der Waals surface area contributed by atoms with E-state index < -0.39 is 54.8 Å². The number of rotatable bonds is 9. The van der Waals surface area contributed by atoms with Crippen LogP contribution in [0, 0.1) is 5.82 Å². The topological polar surface area (TPSA) is 104 Å². The van der Waals surface area contributed by atoms with Crippen LogP contribution in [0.15, 0.2) is 36.0 Å². The smallest absolute Gasteiger partial charge is 0.384 e. The molecule has 7 nitrogen and oxygen atoms in total. The maximum absolute atomic E-state index is 14.1. The zero-order chi connectivity index (χ0) is 25.8. The number of nitrogens with one attached hydrogen (secondary N) is 2. The Morgan fingerprint density at radius 1 is 1.23 bits per heavy atom. The number of alkyl halides is 3. The van der Waals surface area contributed by atoms with E-state index in [9.17, 15) is 32.3 Å². The molecule has 2 amide bonds. The summed E-state index contributed by atoms with van der Waals surface area (Å²) < 4.78 is 52.3. The highest BCUT2D eigenvalue weighted by molar-refractivity contribution is 7.16. The Kier molecular flexibility index (Phi) is 8.80. The lowest BCUT2D eigenvalue weighted by molar-refractivity contribution is -0.140. The van der Waals surface area contributed by atoms with E-state index in [0.717, 1.165) is 22.7 Å². The number of amides is 2. The van der Waals surface area contributed by atoms with Crippen molar-refractivity contribution >= 4 is 46.1 Å². The van der Waals surface area contributed by atoms with Crippen molar-refractivity contribution in [3.63, 3.8) is 0 Å². The standard InChI is InChI=1S/C21H19ClF4N4O3S2/c1-10(17(32)30-14(4-5-21(24,25)26)16(31)20-27-6-7-34-20)29-18(33)15-9-28-19(35-15)12-8-11(22)2-3-13(12)23/h2-3,6-10,14,16,31H,4-5H2,1H3,(H,29,33)(H,30,32)/t10-,14-,16?/m0/s1. The molecule has 188 valence electrons. The van der Waals surface area contributed by atoms with Gasteiger partial charge in [0, 0.05) is 28.6 Å². The summed E-state index contributed by atoms with van der Waals surface area (Å²) in [4.78, 5) is 33.2. The van der Waals surface area contributed by atoms with Gasteiger partial charge in [-0.05, 0) is 31.5 Å². The molecular weight excluding hydrogens is 532 g/mol. The van der Waals surface area contributed by atoms with Crippen molar-refractivity contribution < 1.29 is 32.3 Å². The van der Waals surface area contributed by atoms with Crippen molar-refractivity contribution in [2.75, 3.05) is 0 Å². The Bertz CT molecular complexity index is 1170. The second-order valence-electron chi connectivity index (χ2n) is 7.43. The lowest BCUT2D eigenvalue weighted by atomic mass is 10.0. The van der Waals surface area contributed by atoms with Gasteiger partial charge in [-0.15, -0.1) is 22.7 Å². The summed E-state index contributed by atoms with van der Waals surface area (Å²) >= 11 is 7.79. The first-order chi connectivity index (χ1) is 16.4. The molecule has 0 aliphatic carbocycles. The summed E-state index contributed by atoms with van der Waals surface area (Å²) in [6.45, 7) is 1.34. The number of nitrogens with zero attached hydrogens (tertiary/aromatic N) is 2. The number of carbonyl (C=O) groups excluding carboxylic acids is 2. The van der Waals surface area contributed by atoms with Gasteiger partial charge in [0.15, 0.2) is 0 Å². The molecule has 14 heteroatoms. The van der Waals surface area contributed by atoms with Crippen LogP contribution in [-0.4, -0.2) is 45.1 Å². The fourth-order valence-electron chi connectivity index (χ4n) is 2.99. The van der Waals surface area contributed by atoms with Crippen molar-refractivity contribution in [2.45, 2.75) is 44.1 Å². The summed E-state index contributed by atoms with van der Waals surface area (Å²) in [5, 5.41) is 17.4. The number of benzene rings is 1. The zero-order valence-electron chi connectivity index (χ0n) is 18.0. The predicted octanol–water partition coefficient (Wildman–Crippen LogP) is 4.74. The molecule has 0 saturated heterocycles. The van der Waals surface area contributed by atoms with Crippen molar-refractivity contribution in [3.05, 3.63) is 56.7 Å². The highest BCUT2D eigenvalue weighted by atomic mass is 35.5. The largest absolute Gasteiger partial charge is 0.389 e. The van der Waals surface area contributed by atoms with E-state index >= 15 is 0 Å². The maximum atomic E-state index is 14.1. The number of aliphatic hydroxyl groups excluding tert-OH is 1. The molecule has 2 heterocycles. The van der Waals surface area contributed by atoms with Crippen LogP contribution in [0.1, 0.15) is 40.5 Å². The number of halogens is 5. The van der Waals surface area contributed by atoms with Gasteiger partial charge in [0.1, 0.15) is 32.9 Å². The van der Waals surface area contributed by atoms with Gasteiger partial charge in [-0.1, -0.05) is 11.6 Å². The van der Waals surface area contributed by atoms with Crippen LogP contribution in [0.4, 0.5) is 17.6 Å². The van der Waals surface area contributed by atoms with E-state index in [2.05, 4.69) is 20.6 Å². The normalized spacial score (nSPS) is 14.3. The van der Waals surface area contributed by atoms with E-state index in [1.165, 1.54) is 37.5 Å². The minimum Gasteiger partial charge on any atom is -0.384 e. The summed E-state index contributed by atoms with van der Waals surface area (Å²) in [7, 11) is 0. The minimum atomic E-state index is -4.49. The highest BCUT2D eigenvalue weighted by Gasteiger charge is 2.33. The molecule has 2 aromatic heterocycles. The van der Waals surface area contributed by atoms with Crippen LogP contribution < -0.4 is 10.6 Å². The van der Waals surface area contributed by atoms with E-state index in [1.807, 2.05) is 0 Å². The van der Waals surface area contributed by atoms with Gasteiger partial charge in [-0.25, -0.2) is 14.4 Å². The summed E-state index contributed by atoms with van der Waals surface area (Å²) in [5.74, 6) is -2.06. The summed E-state index contributed by atoms with van der Waals surface area (Å²) in [5.41, 5.74) is 0.107. The third kappa shape index (κ3) is 7.43. The third-order valence-electron chi connectivity index (χ3n) is 4.78. The highest BCUT2D eigenvalue weighted by Crippen LogP contribution is 2.30. The Balaban J connectivity index is 1.66. The Morgan fingerprint density at radius 2 is 1.97 bits per heavy atom. The van der Waals surface area contributed by atoms with Crippen molar-refractivity contribution in [1.29, 1.82) is 0 Å². The average Bonchev–Trinajstić information content (AvgIpc) is 3.49. The second kappa shape index (κ2) is 11.4. The van der Waals surface area contributed by atoms with Gasteiger partial charge in [-0.3, -0.25) is 9.59 Å². The van der Waals surface area contributed by atoms with Crippen LogP contribution in [0.2, 0.25) is 5.02 Å². The molecule has 0 aliphatic rings. The molecule has 0 radical (unpaired) electrons. The lowest BCUT2D eigenvalue weighted by Crippen LogP contribution is -2.49. The fraction of sp³-hybridized carbons (Fsp3) is 0.333. The maximum Gasteiger partial charge on any atom is 0.389 e. The molecule has 35 heavy (non-hydrogen) atoms. The van der Waals surface area contributed by atoms with Crippen LogP contribution in [0.25, 0.3) is 10.6 Å². The van der Waals surface area contributed by atoms with Gasteiger partial charge in [0.25, 0.3) is 5.91 Å². The number of carbonyl (C=O) groups is 2. The molecule has 0 spiro atoms. The fourth-order valence-corrected chi connectivity index (χ4v) is 4.68. The summed E-state index contributed by atoms with van der Waals surface area (Å²) in [6.07, 6.45) is -5.17. The monoisotopic (exact) mass is 550 g/mol. The zero-order valence-corrected chi connectivity index (χ0v) is 20.4. The van der Waals surface area contributed by atoms with Crippen molar-refractivity contribution in [1.82, 2.24) is 20.6 Å². The molecule has 0 saturated carbocycles. The molecule has 3 atom stereocenters. The molecule has 1 unspecified atom stereocenters. The van der Waals surface area contributed by atoms with Gasteiger partial charge in [0.2, 0.25) is 5.91 Å². The van der Waals surface area contributed by atoms with Crippen LogP contribution in [0.5, 0.6) is 0 Å². The average molecular weight is 551 g/mol. The first-order valence-corrected chi connectivity index (χ1v) is 12.2. The molecule has 3 aromatic rings. The number of hydrogen-bond donors (Lipinski definition) is 3. The number of aromatic nitrogens is 2. The van der Waals surface area contributed by atoms with Gasteiger partial charge < -0.3 is 15.7 Å². The SMILES string of the molecule is C[C@H](NC(=O)c1cnc(-c2cc(Cl)ccc2F)s1)C(=O)N[C@@H](CCC(F)(F)F)C(O)c1nccs1. The molecule has 0 fully saturated rings. The van der Waals surface area contributed by atoms with Crippen molar-refractivity contribution in [3.8, 4) is 10.6 Å². The van der Waals surface area contributed by atoms with Gasteiger partial charge in [-0.2, -0.15) is 13.2 Å². The number of hydrogen-bond acceptors (Lipinski definition) is 7. The molecule has 1 aromatic carbocycles. The first-order valence-electron chi connectivity index (χ1n) is 10.1. The first kappa shape index (κ1) is 27.0. The van der Waals surface area contributed by atoms with E-state index in [0.29, 0.717) is 0 Å². The third-order valence-corrected chi connectivity index (χ3v) is 6.89. The Labute approximate surface area is 210 Å². The molecular formula is C21H19ClF4N4O3S2. The Hall–Kier alpha value is -2.61. The molecule has 3 N–H and O–H groups in total. The Morgan fingerprint density at radius 3 is 2.63 bits per heavy atom. The lowest BCUT2D eigenvalue weighted by Gasteiger charge is -2.25. The van der Waals surface area contributed by atoms with Crippen LogP contribution in [-0.2, 0) is 4.79 Å². The van der Waals surface area contributed by atoms with Crippen LogP contribution in [0.3, 0.4) is 0 Å². The molecule has 0 bridgehead atoms. The molecule has 0 aliphatic heterocycles. The predicted molar refractivity (Wildman–Crippen MR) is 124 cm³/mol. The quantitative estimate of drug-likeness (QED) is 0.334. The summed E-state index contributed by atoms with van der Waals surface area (Å²) in [6, 6.07) is 1.46. The molecule has 3 rings (SSSR count). The van der Waals surface area contributed by atoms with Gasteiger partial charge in [0.05, 0.1) is 12.2 Å². The van der Waals surface area contributed by atoms with Crippen LogP contribution >= 0.6 is 34.3 Å². The second-order valence-corrected chi connectivity index (χ2v) is 9.83. The van der Waals surface area contributed by atoms with Crippen molar-refractivity contribution in [2.24, 2.45) is 0 Å².